The zero-order valence-corrected chi connectivity index (χ0v) is 15.1. The van der Waals surface area contributed by atoms with Crippen molar-refractivity contribution < 1.29 is 23.5 Å². The molecule has 0 fully saturated rings. The highest BCUT2D eigenvalue weighted by molar-refractivity contribution is 5.70. The molecule has 0 bridgehead atoms. The Kier molecular flexibility index (Phi) is 6.80. The molecule has 0 amide bonds. The molecule has 0 spiro atoms. The number of nitrogens with zero attached hydrogens (tertiary/aromatic N) is 2. The van der Waals surface area contributed by atoms with Gasteiger partial charge in [0.15, 0.2) is 23.9 Å². The van der Waals surface area contributed by atoms with Gasteiger partial charge >= 0.3 is 5.97 Å². The molecule has 1 aromatic carbocycles. The van der Waals surface area contributed by atoms with Crippen molar-refractivity contribution in [2.45, 2.75) is 39.7 Å². The van der Waals surface area contributed by atoms with Crippen molar-refractivity contribution in [1.82, 2.24) is 10.1 Å². The van der Waals surface area contributed by atoms with Gasteiger partial charge in [0.25, 0.3) is 5.89 Å². The van der Waals surface area contributed by atoms with Crippen molar-refractivity contribution in [3.63, 3.8) is 0 Å². The van der Waals surface area contributed by atoms with E-state index in [2.05, 4.69) is 24.0 Å². The number of esters is 1. The molecule has 0 unspecified atom stereocenters. The van der Waals surface area contributed by atoms with Gasteiger partial charge in [0.1, 0.15) is 0 Å². The number of benzene rings is 1. The smallest absolute Gasteiger partial charge is 0.306 e. The summed E-state index contributed by atoms with van der Waals surface area (Å²) in [6.45, 7) is 4.13. The summed E-state index contributed by atoms with van der Waals surface area (Å²) in [6.07, 6.45) is 1.44. The largest absolute Gasteiger partial charge is 0.493 e. The maximum absolute atomic E-state index is 11.9. The number of para-hydroxylation sites is 1. The molecular weight excluding hydrogens is 324 g/mol. The first-order chi connectivity index (χ1) is 12.0. The van der Waals surface area contributed by atoms with Crippen LogP contribution in [0.15, 0.2) is 22.7 Å². The number of carbonyl (C=O) groups excluding carboxylic acids is 1. The molecule has 0 N–H and O–H groups in total. The summed E-state index contributed by atoms with van der Waals surface area (Å²) in [7, 11) is 3.15. The van der Waals surface area contributed by atoms with Gasteiger partial charge in [-0.1, -0.05) is 31.1 Å². The van der Waals surface area contributed by atoms with Gasteiger partial charge in [-0.3, -0.25) is 4.79 Å². The first-order valence-corrected chi connectivity index (χ1v) is 8.20. The number of rotatable bonds is 9. The van der Waals surface area contributed by atoms with Crippen LogP contribution in [-0.2, 0) is 29.0 Å². The van der Waals surface area contributed by atoms with E-state index in [1.54, 1.807) is 14.2 Å². The average Bonchev–Trinajstić information content (AvgIpc) is 3.04. The van der Waals surface area contributed by atoms with E-state index in [1.807, 2.05) is 18.2 Å². The zero-order chi connectivity index (χ0) is 18.2. The van der Waals surface area contributed by atoms with Crippen molar-refractivity contribution >= 4 is 5.97 Å². The van der Waals surface area contributed by atoms with E-state index in [0.29, 0.717) is 35.6 Å². The molecule has 1 aromatic heterocycles. The van der Waals surface area contributed by atoms with Gasteiger partial charge < -0.3 is 18.7 Å². The summed E-state index contributed by atoms with van der Waals surface area (Å²) in [6, 6.07) is 5.56. The molecule has 2 rings (SSSR count). The van der Waals surface area contributed by atoms with Gasteiger partial charge in [-0.2, -0.15) is 4.98 Å². The van der Waals surface area contributed by atoms with E-state index in [1.165, 1.54) is 0 Å². The summed E-state index contributed by atoms with van der Waals surface area (Å²) in [5.41, 5.74) is 0.885. The van der Waals surface area contributed by atoms with Crippen LogP contribution >= 0.6 is 0 Å². The van der Waals surface area contributed by atoms with Crippen LogP contribution in [0.4, 0.5) is 0 Å². The lowest BCUT2D eigenvalue weighted by atomic mass is 10.1. The van der Waals surface area contributed by atoms with E-state index < -0.39 is 0 Å². The third-order valence-electron chi connectivity index (χ3n) is 3.54. The SMILES string of the molecule is COc1cccc(CCC(=O)OCc2nc(CC(C)C)no2)c1OC. The van der Waals surface area contributed by atoms with Crippen LogP contribution in [0.3, 0.4) is 0 Å². The average molecular weight is 348 g/mol. The second-order valence-electron chi connectivity index (χ2n) is 6.02. The lowest BCUT2D eigenvalue weighted by Crippen LogP contribution is -2.07. The highest BCUT2D eigenvalue weighted by Crippen LogP contribution is 2.31. The molecule has 2 aromatic rings. The molecule has 25 heavy (non-hydrogen) atoms. The summed E-state index contributed by atoms with van der Waals surface area (Å²) < 4.78 is 20.9. The van der Waals surface area contributed by atoms with Crippen molar-refractivity contribution in [1.29, 1.82) is 0 Å². The van der Waals surface area contributed by atoms with Crippen molar-refractivity contribution in [2.75, 3.05) is 14.2 Å². The van der Waals surface area contributed by atoms with E-state index >= 15 is 0 Å². The highest BCUT2D eigenvalue weighted by atomic mass is 16.6. The molecule has 0 aliphatic rings. The minimum Gasteiger partial charge on any atom is -0.493 e. The first-order valence-electron chi connectivity index (χ1n) is 8.20. The van der Waals surface area contributed by atoms with Crippen LogP contribution in [0.2, 0.25) is 0 Å². The van der Waals surface area contributed by atoms with Crippen molar-refractivity contribution in [2.24, 2.45) is 5.92 Å². The maximum atomic E-state index is 11.9. The summed E-state index contributed by atoms with van der Waals surface area (Å²) >= 11 is 0. The normalized spacial score (nSPS) is 10.8. The predicted octanol–water partition coefficient (Wildman–Crippen LogP) is 2.96. The molecular formula is C18H24N2O5. The van der Waals surface area contributed by atoms with Crippen LogP contribution < -0.4 is 9.47 Å². The predicted molar refractivity (Wildman–Crippen MR) is 90.5 cm³/mol. The molecule has 0 saturated carbocycles. The van der Waals surface area contributed by atoms with E-state index in [0.717, 1.165) is 12.0 Å². The van der Waals surface area contributed by atoms with Gasteiger partial charge in [0, 0.05) is 12.8 Å². The molecule has 1 heterocycles. The lowest BCUT2D eigenvalue weighted by molar-refractivity contribution is -0.145. The second kappa shape index (κ2) is 9.05. The zero-order valence-electron chi connectivity index (χ0n) is 15.1. The molecule has 0 aliphatic carbocycles. The Morgan fingerprint density at radius 2 is 2.04 bits per heavy atom. The number of ether oxygens (including phenoxy) is 3. The van der Waals surface area contributed by atoms with Gasteiger partial charge in [0.2, 0.25) is 0 Å². The van der Waals surface area contributed by atoms with Crippen molar-refractivity contribution in [3.8, 4) is 11.5 Å². The molecule has 0 atom stereocenters. The van der Waals surface area contributed by atoms with E-state index in [-0.39, 0.29) is 19.0 Å². The Labute approximate surface area is 147 Å². The van der Waals surface area contributed by atoms with Gasteiger partial charge in [-0.15, -0.1) is 0 Å². The number of carbonyl (C=O) groups is 1. The Morgan fingerprint density at radius 3 is 2.72 bits per heavy atom. The third-order valence-corrected chi connectivity index (χ3v) is 3.54. The standard InChI is InChI=1S/C18H24N2O5/c1-12(2)10-15-19-16(25-20-15)11-24-17(21)9-8-13-6-5-7-14(22-3)18(13)23-4/h5-7,12H,8-11H2,1-4H3. The summed E-state index contributed by atoms with van der Waals surface area (Å²) in [4.78, 5) is 16.1. The van der Waals surface area contributed by atoms with Gasteiger partial charge in [-0.25, -0.2) is 0 Å². The topological polar surface area (TPSA) is 83.7 Å². The molecule has 136 valence electrons. The number of aromatic nitrogens is 2. The number of aryl methyl sites for hydroxylation is 1. The molecule has 7 nitrogen and oxygen atoms in total. The Balaban J connectivity index is 1.84. The lowest BCUT2D eigenvalue weighted by Gasteiger charge is -2.12. The quantitative estimate of drug-likeness (QED) is 0.644. The van der Waals surface area contributed by atoms with Crippen LogP contribution in [0.1, 0.15) is 37.5 Å². The summed E-state index contributed by atoms with van der Waals surface area (Å²) in [5.74, 6) is 2.30. The maximum Gasteiger partial charge on any atom is 0.306 e. The fourth-order valence-electron chi connectivity index (χ4n) is 2.40. The molecule has 0 saturated heterocycles. The van der Waals surface area contributed by atoms with E-state index in [4.69, 9.17) is 18.7 Å². The minimum absolute atomic E-state index is 0.0147. The fraction of sp³-hybridized carbons (Fsp3) is 0.500. The number of methoxy groups -OCH3 is 2. The minimum atomic E-state index is -0.339. The van der Waals surface area contributed by atoms with Gasteiger partial charge in [0.05, 0.1) is 14.2 Å². The number of hydrogen-bond acceptors (Lipinski definition) is 7. The molecule has 7 heteroatoms. The van der Waals surface area contributed by atoms with Crippen LogP contribution in [0.25, 0.3) is 0 Å². The fourth-order valence-corrected chi connectivity index (χ4v) is 2.40. The molecule has 0 aliphatic heterocycles. The Bertz CT molecular complexity index is 697. The van der Waals surface area contributed by atoms with Gasteiger partial charge in [-0.05, 0) is 24.0 Å². The third kappa shape index (κ3) is 5.48. The van der Waals surface area contributed by atoms with Crippen LogP contribution in [0.5, 0.6) is 11.5 Å². The number of hydrogen-bond donors (Lipinski definition) is 0. The van der Waals surface area contributed by atoms with E-state index in [9.17, 15) is 4.79 Å². The van der Waals surface area contributed by atoms with Crippen LogP contribution in [0, 0.1) is 5.92 Å². The highest BCUT2D eigenvalue weighted by Gasteiger charge is 2.13. The Morgan fingerprint density at radius 1 is 1.24 bits per heavy atom. The van der Waals surface area contributed by atoms with Crippen molar-refractivity contribution in [3.05, 3.63) is 35.5 Å². The molecule has 0 radical (unpaired) electrons. The monoisotopic (exact) mass is 348 g/mol. The summed E-state index contributed by atoms with van der Waals surface area (Å²) in [5, 5.41) is 3.86. The first kappa shape index (κ1) is 18.8. The van der Waals surface area contributed by atoms with Crippen LogP contribution in [-0.4, -0.2) is 30.3 Å². The Hall–Kier alpha value is -2.57. The second-order valence-corrected chi connectivity index (χ2v) is 6.02.